The summed E-state index contributed by atoms with van der Waals surface area (Å²) < 4.78 is 4.98. The van der Waals surface area contributed by atoms with Crippen LogP contribution in [0.15, 0.2) is 16.5 Å². The van der Waals surface area contributed by atoms with Crippen molar-refractivity contribution >= 4 is 12.1 Å². The Morgan fingerprint density at radius 1 is 1.54 bits per heavy atom. The van der Waals surface area contributed by atoms with Gasteiger partial charge >= 0.3 is 0 Å². The summed E-state index contributed by atoms with van der Waals surface area (Å²) in [5.41, 5.74) is 0. The van der Waals surface area contributed by atoms with Crippen molar-refractivity contribution in [3.63, 3.8) is 0 Å². The molecule has 0 atom stereocenters. The Morgan fingerprint density at radius 2 is 2.23 bits per heavy atom. The number of carbonyl (C=O) groups excluding carboxylic acids is 2. The van der Waals surface area contributed by atoms with Crippen molar-refractivity contribution in [2.24, 2.45) is 5.92 Å². The molecule has 0 aliphatic heterocycles. The van der Waals surface area contributed by atoms with Crippen molar-refractivity contribution in [2.75, 3.05) is 0 Å². The molecule has 0 aliphatic carbocycles. The molecule has 0 N–H and O–H groups in total. The van der Waals surface area contributed by atoms with E-state index in [1.165, 1.54) is 12.1 Å². The van der Waals surface area contributed by atoms with Crippen molar-refractivity contribution in [1.82, 2.24) is 0 Å². The van der Waals surface area contributed by atoms with E-state index in [4.69, 9.17) is 4.42 Å². The Hall–Kier alpha value is -1.38. The molecule has 0 fully saturated rings. The maximum absolute atomic E-state index is 11.4. The highest BCUT2D eigenvalue weighted by atomic mass is 16.4. The number of rotatable bonds is 4. The summed E-state index contributed by atoms with van der Waals surface area (Å²) in [6, 6.07) is 3.04. The Kier molecular flexibility index (Phi) is 3.01. The van der Waals surface area contributed by atoms with Crippen molar-refractivity contribution in [3.05, 3.63) is 23.7 Å². The van der Waals surface area contributed by atoms with Gasteiger partial charge in [-0.3, -0.25) is 9.59 Å². The number of aldehydes is 1. The molecule has 3 nitrogen and oxygen atoms in total. The number of ketones is 1. The van der Waals surface area contributed by atoms with E-state index in [1.807, 2.05) is 13.8 Å². The van der Waals surface area contributed by atoms with Gasteiger partial charge < -0.3 is 4.42 Å². The van der Waals surface area contributed by atoms with Crippen LogP contribution in [0.4, 0.5) is 0 Å². The van der Waals surface area contributed by atoms with Crippen LogP contribution in [0.1, 0.15) is 41.4 Å². The molecule has 0 radical (unpaired) electrons. The molecular formula is C10H12O3. The molecule has 0 saturated heterocycles. The van der Waals surface area contributed by atoms with Crippen LogP contribution in [0, 0.1) is 5.92 Å². The lowest BCUT2D eigenvalue weighted by molar-refractivity contribution is 0.0937. The second kappa shape index (κ2) is 4.03. The van der Waals surface area contributed by atoms with Gasteiger partial charge in [0.1, 0.15) is 0 Å². The van der Waals surface area contributed by atoms with Crippen molar-refractivity contribution in [1.29, 1.82) is 0 Å². The SMILES string of the molecule is CC(C)CC(=O)c1ccc(C=O)o1. The van der Waals surface area contributed by atoms with E-state index in [-0.39, 0.29) is 17.3 Å². The second-order valence-corrected chi connectivity index (χ2v) is 3.34. The molecule has 1 rings (SSSR count). The van der Waals surface area contributed by atoms with Crippen LogP contribution in [-0.4, -0.2) is 12.1 Å². The van der Waals surface area contributed by atoms with Gasteiger partial charge in [-0.05, 0) is 18.1 Å². The highest BCUT2D eigenvalue weighted by molar-refractivity contribution is 5.94. The first-order chi connectivity index (χ1) is 6.13. The molecule has 0 saturated carbocycles. The third-order valence-corrected chi connectivity index (χ3v) is 1.61. The van der Waals surface area contributed by atoms with Gasteiger partial charge in [0.2, 0.25) is 0 Å². The first-order valence-electron chi connectivity index (χ1n) is 4.21. The summed E-state index contributed by atoms with van der Waals surface area (Å²) in [6.07, 6.45) is 1.04. The van der Waals surface area contributed by atoms with Crippen LogP contribution in [0.25, 0.3) is 0 Å². The predicted octanol–water partition coefficient (Wildman–Crippen LogP) is 2.32. The van der Waals surface area contributed by atoms with Crippen LogP contribution in [0.5, 0.6) is 0 Å². The van der Waals surface area contributed by atoms with E-state index >= 15 is 0 Å². The molecule has 1 heterocycles. The molecule has 70 valence electrons. The summed E-state index contributed by atoms with van der Waals surface area (Å²) >= 11 is 0. The molecule has 0 amide bonds. The zero-order valence-electron chi connectivity index (χ0n) is 7.74. The fraction of sp³-hybridized carbons (Fsp3) is 0.400. The fourth-order valence-electron chi connectivity index (χ4n) is 1.04. The Balaban J connectivity index is 2.71. The minimum absolute atomic E-state index is 0.0527. The normalized spacial score (nSPS) is 10.4. The minimum Gasteiger partial charge on any atom is -0.450 e. The van der Waals surface area contributed by atoms with Crippen molar-refractivity contribution < 1.29 is 14.0 Å². The number of hydrogen-bond acceptors (Lipinski definition) is 3. The Morgan fingerprint density at radius 3 is 2.69 bits per heavy atom. The zero-order valence-corrected chi connectivity index (χ0v) is 7.74. The molecule has 1 aromatic rings. The summed E-state index contributed by atoms with van der Waals surface area (Å²) in [5.74, 6) is 0.725. The monoisotopic (exact) mass is 180 g/mol. The lowest BCUT2D eigenvalue weighted by Gasteiger charge is -1.99. The topological polar surface area (TPSA) is 47.3 Å². The van der Waals surface area contributed by atoms with Crippen LogP contribution < -0.4 is 0 Å². The molecule has 3 heteroatoms. The smallest absolute Gasteiger partial charge is 0.198 e. The number of furan rings is 1. The summed E-state index contributed by atoms with van der Waals surface area (Å²) in [7, 11) is 0. The molecular weight excluding hydrogens is 168 g/mol. The third kappa shape index (κ3) is 2.54. The van der Waals surface area contributed by atoms with E-state index in [9.17, 15) is 9.59 Å². The van der Waals surface area contributed by atoms with Gasteiger partial charge in [0, 0.05) is 6.42 Å². The van der Waals surface area contributed by atoms with Gasteiger partial charge in [-0.1, -0.05) is 13.8 Å². The van der Waals surface area contributed by atoms with Gasteiger partial charge in [0.05, 0.1) is 0 Å². The van der Waals surface area contributed by atoms with Crippen LogP contribution >= 0.6 is 0 Å². The molecule has 0 bridgehead atoms. The van der Waals surface area contributed by atoms with E-state index < -0.39 is 0 Å². The minimum atomic E-state index is -0.0527. The molecule has 0 aromatic carbocycles. The fourth-order valence-corrected chi connectivity index (χ4v) is 1.04. The summed E-state index contributed by atoms with van der Waals surface area (Å²) in [6.45, 7) is 3.92. The lowest BCUT2D eigenvalue weighted by Crippen LogP contribution is -2.01. The Bertz CT molecular complexity index is 310. The standard InChI is InChI=1S/C10H12O3/c1-7(2)5-9(12)10-4-3-8(6-11)13-10/h3-4,6-7H,5H2,1-2H3. The van der Waals surface area contributed by atoms with E-state index in [0.717, 1.165) is 0 Å². The highest BCUT2D eigenvalue weighted by Gasteiger charge is 2.12. The number of hydrogen-bond donors (Lipinski definition) is 0. The maximum atomic E-state index is 11.4. The quantitative estimate of drug-likeness (QED) is 0.527. The molecule has 0 spiro atoms. The first kappa shape index (κ1) is 9.71. The molecule has 13 heavy (non-hydrogen) atoms. The number of carbonyl (C=O) groups is 2. The van der Waals surface area contributed by atoms with Crippen molar-refractivity contribution in [2.45, 2.75) is 20.3 Å². The molecule has 0 aliphatic rings. The van der Waals surface area contributed by atoms with Crippen LogP contribution in [0.2, 0.25) is 0 Å². The highest BCUT2D eigenvalue weighted by Crippen LogP contribution is 2.11. The van der Waals surface area contributed by atoms with Gasteiger partial charge in [-0.15, -0.1) is 0 Å². The van der Waals surface area contributed by atoms with Crippen molar-refractivity contribution in [3.8, 4) is 0 Å². The molecule has 1 aromatic heterocycles. The van der Waals surface area contributed by atoms with Gasteiger partial charge in [-0.2, -0.15) is 0 Å². The van der Waals surface area contributed by atoms with Crippen LogP contribution in [0.3, 0.4) is 0 Å². The van der Waals surface area contributed by atoms with Gasteiger partial charge in [0.25, 0.3) is 0 Å². The average Bonchev–Trinajstić information content (AvgIpc) is 2.50. The van der Waals surface area contributed by atoms with E-state index in [2.05, 4.69) is 0 Å². The zero-order chi connectivity index (χ0) is 9.84. The lowest BCUT2D eigenvalue weighted by atomic mass is 10.1. The third-order valence-electron chi connectivity index (χ3n) is 1.61. The first-order valence-corrected chi connectivity index (χ1v) is 4.21. The van der Waals surface area contributed by atoms with E-state index in [0.29, 0.717) is 18.6 Å². The second-order valence-electron chi connectivity index (χ2n) is 3.34. The average molecular weight is 180 g/mol. The molecule has 0 unspecified atom stereocenters. The van der Waals surface area contributed by atoms with Gasteiger partial charge in [-0.25, -0.2) is 0 Å². The number of Topliss-reactive ketones (excluding diaryl/α,β-unsaturated/α-hetero) is 1. The predicted molar refractivity (Wildman–Crippen MR) is 47.9 cm³/mol. The maximum Gasteiger partial charge on any atom is 0.198 e. The van der Waals surface area contributed by atoms with Gasteiger partial charge in [0.15, 0.2) is 23.6 Å². The summed E-state index contributed by atoms with van der Waals surface area (Å²) in [4.78, 5) is 21.6. The largest absolute Gasteiger partial charge is 0.450 e. The van der Waals surface area contributed by atoms with Crippen LogP contribution in [-0.2, 0) is 0 Å². The summed E-state index contributed by atoms with van der Waals surface area (Å²) in [5, 5.41) is 0. The Labute approximate surface area is 76.7 Å². The van der Waals surface area contributed by atoms with E-state index in [1.54, 1.807) is 0 Å².